The van der Waals surface area contributed by atoms with Crippen LogP contribution >= 0.6 is 0 Å². The van der Waals surface area contributed by atoms with Gasteiger partial charge in [-0.25, -0.2) is 0 Å². The first kappa shape index (κ1) is 7.37. The average molecular weight is 114 g/mol. The normalized spacial score (nSPS) is 14.2. The molecule has 46 valence electrons. The topological polar surface area (TPSA) is 37.3 Å². The van der Waals surface area contributed by atoms with E-state index in [-0.39, 0.29) is 6.10 Å². The summed E-state index contributed by atoms with van der Waals surface area (Å²) in [5.74, 6) is 0. The predicted molar refractivity (Wildman–Crippen MR) is 31.5 cm³/mol. The van der Waals surface area contributed by atoms with Crippen LogP contribution in [0, 0.1) is 0 Å². The van der Waals surface area contributed by atoms with Crippen LogP contribution in [0.15, 0.2) is 12.2 Å². The van der Waals surface area contributed by atoms with Crippen LogP contribution in [0.25, 0.3) is 0 Å². The number of aliphatic hydroxyl groups excluding tert-OH is 1. The van der Waals surface area contributed by atoms with E-state index in [0.29, 0.717) is 12.7 Å². The number of carbonyl (C=O) groups is 1. The molecule has 0 aliphatic heterocycles. The van der Waals surface area contributed by atoms with Crippen LogP contribution in [-0.4, -0.2) is 17.5 Å². The lowest BCUT2D eigenvalue weighted by atomic mass is 10.3. The Morgan fingerprint density at radius 1 is 1.75 bits per heavy atom. The Morgan fingerprint density at radius 3 is 2.75 bits per heavy atom. The van der Waals surface area contributed by atoms with Crippen LogP contribution in [0.5, 0.6) is 0 Å². The summed E-state index contributed by atoms with van der Waals surface area (Å²) < 4.78 is 0. The quantitative estimate of drug-likeness (QED) is 0.429. The zero-order valence-electron chi connectivity index (χ0n) is 4.87. The summed E-state index contributed by atoms with van der Waals surface area (Å²) in [5.41, 5.74) is 0. The number of rotatable bonds is 3. The van der Waals surface area contributed by atoms with E-state index in [1.807, 2.05) is 0 Å². The summed E-state index contributed by atoms with van der Waals surface area (Å²) in [7, 11) is 0. The van der Waals surface area contributed by atoms with Crippen LogP contribution in [0.2, 0.25) is 0 Å². The average Bonchev–Trinajstić information content (AvgIpc) is 1.66. The summed E-state index contributed by atoms with van der Waals surface area (Å²) in [6, 6.07) is 0. The van der Waals surface area contributed by atoms with Crippen molar-refractivity contribution in [2.24, 2.45) is 0 Å². The molecule has 1 atom stereocenters. The molecule has 0 saturated carbocycles. The second kappa shape index (κ2) is 4.53. The van der Waals surface area contributed by atoms with E-state index in [9.17, 15) is 4.79 Å². The highest BCUT2D eigenvalue weighted by Gasteiger charge is 1.86. The highest BCUT2D eigenvalue weighted by atomic mass is 16.3. The molecular weight excluding hydrogens is 104 g/mol. The monoisotopic (exact) mass is 114 g/mol. The molecule has 0 unspecified atom stereocenters. The van der Waals surface area contributed by atoms with Gasteiger partial charge in [0.05, 0.1) is 6.10 Å². The molecule has 0 aromatic heterocycles. The summed E-state index contributed by atoms with van der Waals surface area (Å²) in [4.78, 5) is 9.62. The predicted octanol–water partition coefficient (Wildman–Crippen LogP) is 0.512. The van der Waals surface area contributed by atoms with Gasteiger partial charge in [-0.15, -0.1) is 0 Å². The fourth-order valence-corrected chi connectivity index (χ4v) is 0.331. The first-order valence-electron chi connectivity index (χ1n) is 2.55. The van der Waals surface area contributed by atoms with E-state index in [4.69, 9.17) is 5.11 Å². The summed E-state index contributed by atoms with van der Waals surface area (Å²) in [6.07, 6.45) is 3.93. The van der Waals surface area contributed by atoms with Crippen LogP contribution in [0.4, 0.5) is 0 Å². The second-order valence-corrected chi connectivity index (χ2v) is 1.65. The van der Waals surface area contributed by atoms with Crippen molar-refractivity contribution < 1.29 is 9.90 Å². The molecule has 0 amide bonds. The standard InChI is InChI=1S/C6H10O2/c1-6(8)4-2-3-5-7/h2-3,5-6,8H,4H2,1H3/t6-/m0/s1. The molecule has 0 aromatic rings. The van der Waals surface area contributed by atoms with Crippen molar-refractivity contribution in [3.63, 3.8) is 0 Å². The van der Waals surface area contributed by atoms with Gasteiger partial charge in [0.1, 0.15) is 6.29 Å². The van der Waals surface area contributed by atoms with Gasteiger partial charge < -0.3 is 5.11 Å². The van der Waals surface area contributed by atoms with Gasteiger partial charge >= 0.3 is 0 Å². The fourth-order valence-electron chi connectivity index (χ4n) is 0.331. The Morgan fingerprint density at radius 2 is 2.38 bits per heavy atom. The molecule has 0 fully saturated rings. The van der Waals surface area contributed by atoms with E-state index in [1.54, 1.807) is 13.0 Å². The lowest BCUT2D eigenvalue weighted by molar-refractivity contribution is -0.104. The second-order valence-electron chi connectivity index (χ2n) is 1.65. The van der Waals surface area contributed by atoms with Crippen molar-refractivity contribution in [1.82, 2.24) is 0 Å². The van der Waals surface area contributed by atoms with Gasteiger partial charge in [-0.05, 0) is 19.4 Å². The molecule has 0 radical (unpaired) electrons. The van der Waals surface area contributed by atoms with E-state index in [0.717, 1.165) is 0 Å². The highest BCUT2D eigenvalue weighted by molar-refractivity contribution is 5.64. The van der Waals surface area contributed by atoms with Crippen LogP contribution < -0.4 is 0 Å². The number of aldehydes is 1. The lowest BCUT2D eigenvalue weighted by Gasteiger charge is -1.93. The van der Waals surface area contributed by atoms with Crippen LogP contribution in [-0.2, 0) is 4.79 Å². The summed E-state index contributed by atoms with van der Waals surface area (Å²) in [5, 5.41) is 8.61. The fraction of sp³-hybridized carbons (Fsp3) is 0.500. The Balaban J connectivity index is 3.15. The number of hydrogen-bond acceptors (Lipinski definition) is 2. The molecule has 2 heteroatoms. The van der Waals surface area contributed by atoms with Gasteiger partial charge in [-0.2, -0.15) is 0 Å². The van der Waals surface area contributed by atoms with E-state index >= 15 is 0 Å². The van der Waals surface area contributed by atoms with Gasteiger partial charge in [0.15, 0.2) is 0 Å². The SMILES string of the molecule is C[C@H](O)CC=CC=O. The van der Waals surface area contributed by atoms with Crippen LogP contribution in [0.1, 0.15) is 13.3 Å². The number of carbonyl (C=O) groups excluding carboxylic acids is 1. The molecule has 0 aliphatic carbocycles. The van der Waals surface area contributed by atoms with Crippen LogP contribution in [0.3, 0.4) is 0 Å². The van der Waals surface area contributed by atoms with Crippen molar-refractivity contribution in [3.05, 3.63) is 12.2 Å². The smallest absolute Gasteiger partial charge is 0.142 e. The molecule has 2 nitrogen and oxygen atoms in total. The van der Waals surface area contributed by atoms with Crippen molar-refractivity contribution in [3.8, 4) is 0 Å². The third-order valence-corrected chi connectivity index (χ3v) is 0.692. The zero-order chi connectivity index (χ0) is 6.41. The van der Waals surface area contributed by atoms with E-state index < -0.39 is 0 Å². The van der Waals surface area contributed by atoms with Crippen molar-refractivity contribution in [1.29, 1.82) is 0 Å². The van der Waals surface area contributed by atoms with Gasteiger partial charge in [0.2, 0.25) is 0 Å². The third kappa shape index (κ3) is 5.37. The van der Waals surface area contributed by atoms with Gasteiger partial charge in [0.25, 0.3) is 0 Å². The number of allylic oxidation sites excluding steroid dienone is 1. The Kier molecular flexibility index (Phi) is 4.17. The van der Waals surface area contributed by atoms with Crippen molar-refractivity contribution in [2.45, 2.75) is 19.4 Å². The summed E-state index contributed by atoms with van der Waals surface area (Å²) in [6.45, 7) is 1.68. The molecule has 8 heavy (non-hydrogen) atoms. The minimum absolute atomic E-state index is 0.341. The van der Waals surface area contributed by atoms with Gasteiger partial charge in [0, 0.05) is 0 Å². The zero-order valence-corrected chi connectivity index (χ0v) is 4.87. The van der Waals surface area contributed by atoms with Crippen molar-refractivity contribution in [2.75, 3.05) is 0 Å². The van der Waals surface area contributed by atoms with Gasteiger partial charge in [-0.3, -0.25) is 4.79 Å². The maximum atomic E-state index is 9.62. The minimum atomic E-state index is -0.341. The first-order valence-corrected chi connectivity index (χ1v) is 2.55. The Hall–Kier alpha value is -0.630. The maximum absolute atomic E-state index is 9.62. The molecule has 0 rings (SSSR count). The summed E-state index contributed by atoms with van der Waals surface area (Å²) >= 11 is 0. The molecule has 0 aliphatic rings. The molecule has 0 aromatic carbocycles. The first-order chi connectivity index (χ1) is 3.77. The molecule has 0 spiro atoms. The molecule has 0 bridgehead atoms. The number of hydrogen-bond donors (Lipinski definition) is 1. The highest BCUT2D eigenvalue weighted by Crippen LogP contribution is 1.88. The molecule has 1 N–H and O–H groups in total. The maximum Gasteiger partial charge on any atom is 0.142 e. The lowest BCUT2D eigenvalue weighted by Crippen LogP contribution is -1.95. The number of aliphatic hydroxyl groups is 1. The van der Waals surface area contributed by atoms with E-state index in [1.165, 1.54) is 6.08 Å². The van der Waals surface area contributed by atoms with E-state index in [2.05, 4.69) is 0 Å². The van der Waals surface area contributed by atoms with Crippen molar-refractivity contribution >= 4 is 6.29 Å². The Labute approximate surface area is 48.8 Å². The largest absolute Gasteiger partial charge is 0.393 e. The third-order valence-electron chi connectivity index (χ3n) is 0.692. The molecule has 0 heterocycles. The Bertz CT molecular complexity index is 84.5. The van der Waals surface area contributed by atoms with Gasteiger partial charge in [-0.1, -0.05) is 6.08 Å². The molecule has 0 saturated heterocycles. The minimum Gasteiger partial charge on any atom is -0.393 e. The molecular formula is C6H10O2.